The first-order valence-electron chi connectivity index (χ1n) is 10.1. The number of thiophene rings is 1. The molecule has 3 aromatic heterocycles. The van der Waals surface area contributed by atoms with Crippen LogP contribution in [-0.4, -0.2) is 20.4 Å². The fraction of sp³-hybridized carbons (Fsp3) is 0.304. The molecule has 7 heteroatoms. The van der Waals surface area contributed by atoms with E-state index in [0.29, 0.717) is 16.0 Å². The second-order valence-corrected chi connectivity index (χ2v) is 8.95. The lowest BCUT2D eigenvalue weighted by Crippen LogP contribution is -2.35. The summed E-state index contributed by atoms with van der Waals surface area (Å²) in [6, 6.07) is 10.2. The van der Waals surface area contributed by atoms with Crippen LogP contribution in [0.15, 0.2) is 35.1 Å². The molecule has 1 aliphatic carbocycles. The zero-order chi connectivity index (χ0) is 21.0. The molecule has 152 valence electrons. The normalized spacial score (nSPS) is 15.6. The number of rotatable bonds is 3. The van der Waals surface area contributed by atoms with E-state index in [1.807, 2.05) is 32.0 Å². The first kappa shape index (κ1) is 18.9. The molecule has 0 unspecified atom stereocenters. The molecule has 0 fully saturated rings. The Morgan fingerprint density at radius 1 is 1.23 bits per heavy atom. The van der Waals surface area contributed by atoms with Gasteiger partial charge >= 0.3 is 0 Å². The molecule has 5 rings (SSSR count). The molecule has 1 aliphatic rings. The highest BCUT2D eigenvalue weighted by molar-refractivity contribution is 7.25. The molecule has 0 saturated carbocycles. The van der Waals surface area contributed by atoms with Gasteiger partial charge in [-0.25, -0.2) is 9.97 Å². The minimum atomic E-state index is -0.181. The van der Waals surface area contributed by atoms with Gasteiger partial charge in [-0.3, -0.25) is 14.2 Å². The van der Waals surface area contributed by atoms with Crippen LogP contribution >= 0.6 is 11.3 Å². The van der Waals surface area contributed by atoms with Crippen LogP contribution in [0.1, 0.15) is 40.7 Å². The molecule has 0 spiro atoms. The van der Waals surface area contributed by atoms with E-state index in [-0.39, 0.29) is 24.1 Å². The summed E-state index contributed by atoms with van der Waals surface area (Å²) >= 11 is 1.35. The number of fused-ring (bicyclic) bond motifs is 4. The standard InChI is InChI=1S/C23H22N4O2S/c1-12-10-13(2)24-22-19(12)20-21(30-22)23(29)27(14(3)25-20)11-18(28)26-17-9-8-15-6-4-5-7-16(15)17/h4-7,10,17H,8-9,11H2,1-3H3,(H,26,28)/t17-/m1/s1. The Bertz CT molecular complexity index is 1390. The topological polar surface area (TPSA) is 76.9 Å². The Labute approximate surface area is 177 Å². The predicted octanol–water partition coefficient (Wildman–Crippen LogP) is 3.74. The van der Waals surface area contributed by atoms with Crippen molar-refractivity contribution in [3.8, 4) is 0 Å². The van der Waals surface area contributed by atoms with E-state index in [4.69, 9.17) is 0 Å². The van der Waals surface area contributed by atoms with Crippen LogP contribution in [0, 0.1) is 20.8 Å². The van der Waals surface area contributed by atoms with Crippen molar-refractivity contribution in [2.75, 3.05) is 0 Å². The van der Waals surface area contributed by atoms with Gasteiger partial charge in [0.25, 0.3) is 5.56 Å². The third-order valence-corrected chi connectivity index (χ3v) is 6.90. The molecular weight excluding hydrogens is 396 g/mol. The van der Waals surface area contributed by atoms with E-state index in [9.17, 15) is 9.59 Å². The summed E-state index contributed by atoms with van der Waals surface area (Å²) in [5.74, 6) is 0.364. The lowest BCUT2D eigenvalue weighted by molar-refractivity contribution is -0.122. The summed E-state index contributed by atoms with van der Waals surface area (Å²) in [5.41, 5.74) is 4.93. The van der Waals surface area contributed by atoms with Crippen LogP contribution in [0.4, 0.5) is 0 Å². The molecule has 0 bridgehead atoms. The van der Waals surface area contributed by atoms with E-state index in [1.165, 1.54) is 27.0 Å². The lowest BCUT2D eigenvalue weighted by Gasteiger charge is -2.15. The Morgan fingerprint density at radius 2 is 2.03 bits per heavy atom. The molecule has 1 amide bonds. The third-order valence-electron chi connectivity index (χ3n) is 5.84. The highest BCUT2D eigenvalue weighted by atomic mass is 32.1. The number of aromatic nitrogens is 3. The monoisotopic (exact) mass is 418 g/mol. The van der Waals surface area contributed by atoms with Crippen molar-refractivity contribution < 1.29 is 4.79 Å². The number of carbonyl (C=O) groups is 1. The van der Waals surface area contributed by atoms with Gasteiger partial charge in [0.15, 0.2) is 0 Å². The van der Waals surface area contributed by atoms with Crippen molar-refractivity contribution in [1.82, 2.24) is 19.9 Å². The quantitative estimate of drug-likeness (QED) is 0.550. The van der Waals surface area contributed by atoms with Crippen molar-refractivity contribution in [3.05, 3.63) is 68.9 Å². The second-order valence-electron chi connectivity index (χ2n) is 7.95. The van der Waals surface area contributed by atoms with E-state index in [0.717, 1.165) is 34.3 Å². The van der Waals surface area contributed by atoms with Gasteiger partial charge in [0.2, 0.25) is 5.91 Å². The number of hydrogen-bond donors (Lipinski definition) is 1. The average molecular weight is 419 g/mol. The first-order chi connectivity index (χ1) is 14.4. The Balaban J connectivity index is 1.49. The largest absolute Gasteiger partial charge is 0.348 e. The molecule has 6 nitrogen and oxygen atoms in total. The Kier molecular flexibility index (Phi) is 4.43. The van der Waals surface area contributed by atoms with Crippen LogP contribution in [-0.2, 0) is 17.8 Å². The average Bonchev–Trinajstić information content (AvgIpc) is 3.27. The fourth-order valence-electron chi connectivity index (χ4n) is 4.44. The highest BCUT2D eigenvalue weighted by Gasteiger charge is 2.24. The summed E-state index contributed by atoms with van der Waals surface area (Å²) in [5, 5.41) is 4.02. The van der Waals surface area contributed by atoms with Gasteiger partial charge in [-0.2, -0.15) is 0 Å². The van der Waals surface area contributed by atoms with Gasteiger partial charge < -0.3 is 5.32 Å². The zero-order valence-electron chi connectivity index (χ0n) is 17.2. The molecule has 30 heavy (non-hydrogen) atoms. The number of aryl methyl sites for hydroxylation is 4. The Morgan fingerprint density at radius 3 is 2.87 bits per heavy atom. The molecule has 4 aromatic rings. The lowest BCUT2D eigenvalue weighted by atomic mass is 10.1. The summed E-state index contributed by atoms with van der Waals surface area (Å²) in [6.45, 7) is 5.70. The molecule has 1 atom stereocenters. The number of carbonyl (C=O) groups excluding carboxylic acids is 1. The van der Waals surface area contributed by atoms with Gasteiger partial charge in [-0.05, 0) is 56.4 Å². The zero-order valence-corrected chi connectivity index (χ0v) is 18.0. The summed E-state index contributed by atoms with van der Waals surface area (Å²) in [7, 11) is 0. The van der Waals surface area contributed by atoms with Crippen LogP contribution in [0.25, 0.3) is 20.4 Å². The third kappa shape index (κ3) is 3.01. The summed E-state index contributed by atoms with van der Waals surface area (Å²) in [4.78, 5) is 36.1. The van der Waals surface area contributed by atoms with E-state index < -0.39 is 0 Å². The first-order valence-corrected chi connectivity index (χ1v) is 10.9. The van der Waals surface area contributed by atoms with Gasteiger partial charge in [0.05, 0.1) is 11.6 Å². The minimum absolute atomic E-state index is 0.000508. The fourth-order valence-corrected chi connectivity index (χ4v) is 5.63. The maximum atomic E-state index is 13.2. The van der Waals surface area contributed by atoms with Crippen LogP contribution in [0.5, 0.6) is 0 Å². The number of nitrogens with one attached hydrogen (secondary N) is 1. The molecule has 0 radical (unpaired) electrons. The van der Waals surface area contributed by atoms with Crippen molar-refractivity contribution in [2.45, 2.75) is 46.2 Å². The number of benzene rings is 1. The van der Waals surface area contributed by atoms with E-state index in [1.54, 1.807) is 6.92 Å². The number of pyridine rings is 1. The summed E-state index contributed by atoms with van der Waals surface area (Å²) < 4.78 is 2.02. The smallest absolute Gasteiger partial charge is 0.272 e. The van der Waals surface area contributed by atoms with Crippen molar-refractivity contribution >= 4 is 37.7 Å². The number of amides is 1. The molecule has 1 aromatic carbocycles. The molecule has 0 aliphatic heterocycles. The number of hydrogen-bond acceptors (Lipinski definition) is 5. The van der Waals surface area contributed by atoms with Crippen LogP contribution in [0.2, 0.25) is 0 Å². The predicted molar refractivity (Wildman–Crippen MR) is 119 cm³/mol. The molecule has 3 heterocycles. The van der Waals surface area contributed by atoms with Crippen molar-refractivity contribution in [1.29, 1.82) is 0 Å². The van der Waals surface area contributed by atoms with Gasteiger partial charge in [0, 0.05) is 11.1 Å². The van der Waals surface area contributed by atoms with Gasteiger partial charge in [-0.1, -0.05) is 24.3 Å². The maximum absolute atomic E-state index is 13.2. The van der Waals surface area contributed by atoms with E-state index in [2.05, 4.69) is 27.4 Å². The second kappa shape index (κ2) is 7.02. The maximum Gasteiger partial charge on any atom is 0.272 e. The van der Waals surface area contributed by atoms with Crippen LogP contribution in [0.3, 0.4) is 0 Å². The van der Waals surface area contributed by atoms with Crippen LogP contribution < -0.4 is 10.9 Å². The molecule has 1 N–H and O–H groups in total. The van der Waals surface area contributed by atoms with Gasteiger partial charge in [0.1, 0.15) is 21.9 Å². The van der Waals surface area contributed by atoms with Crippen molar-refractivity contribution in [2.24, 2.45) is 0 Å². The number of nitrogens with zero attached hydrogens (tertiary/aromatic N) is 3. The SMILES string of the molecule is Cc1cc(C)c2c(n1)sc1c(=O)n(CC(=O)N[C@@H]3CCc4ccccc43)c(C)nc12. The minimum Gasteiger partial charge on any atom is -0.348 e. The van der Waals surface area contributed by atoms with E-state index >= 15 is 0 Å². The van der Waals surface area contributed by atoms with Gasteiger partial charge in [-0.15, -0.1) is 11.3 Å². The summed E-state index contributed by atoms with van der Waals surface area (Å²) in [6.07, 6.45) is 1.85. The van der Waals surface area contributed by atoms with Crippen molar-refractivity contribution in [3.63, 3.8) is 0 Å². The molecule has 0 saturated heterocycles. The Hall–Kier alpha value is -3.06. The highest BCUT2D eigenvalue weighted by Crippen LogP contribution is 2.32. The molecular formula is C23H22N4O2S.